The third-order valence-electron chi connectivity index (χ3n) is 2.25. The van der Waals surface area contributed by atoms with Crippen molar-refractivity contribution in [3.63, 3.8) is 0 Å². The van der Waals surface area contributed by atoms with Crippen LogP contribution >= 0.6 is 0 Å². The molecule has 0 atom stereocenters. The summed E-state index contributed by atoms with van der Waals surface area (Å²) in [6, 6.07) is 3.18. The Balaban J connectivity index is 3.22. The van der Waals surface area contributed by atoms with Gasteiger partial charge in [-0.05, 0) is 19.1 Å². The molecular formula is C10H17N3O2S. The van der Waals surface area contributed by atoms with Crippen molar-refractivity contribution in [2.75, 3.05) is 25.5 Å². The summed E-state index contributed by atoms with van der Waals surface area (Å²) in [6.45, 7) is 4.76. The molecule has 0 aliphatic carbocycles. The van der Waals surface area contributed by atoms with E-state index in [0.29, 0.717) is 18.9 Å². The predicted octanol–water partition coefficient (Wildman–Crippen LogP) is 1.15. The predicted molar refractivity (Wildman–Crippen MR) is 63.9 cm³/mol. The summed E-state index contributed by atoms with van der Waals surface area (Å²) in [5.74, 6) is 0.408. The van der Waals surface area contributed by atoms with Gasteiger partial charge in [-0.15, -0.1) is 0 Å². The molecule has 0 unspecified atom stereocenters. The number of pyridine rings is 1. The first kappa shape index (κ1) is 12.9. The number of nitrogens with zero attached hydrogens (tertiary/aromatic N) is 2. The summed E-state index contributed by atoms with van der Waals surface area (Å²) < 4.78 is 25.5. The highest BCUT2D eigenvalue weighted by atomic mass is 32.2. The van der Waals surface area contributed by atoms with E-state index < -0.39 is 10.0 Å². The summed E-state index contributed by atoms with van der Waals surface area (Å²) >= 11 is 0. The first-order valence-corrected chi connectivity index (χ1v) is 6.63. The molecule has 0 fully saturated rings. The summed E-state index contributed by atoms with van der Waals surface area (Å²) in [5.41, 5.74) is 0. The van der Waals surface area contributed by atoms with Crippen molar-refractivity contribution in [1.82, 2.24) is 9.29 Å². The van der Waals surface area contributed by atoms with Gasteiger partial charge in [0.1, 0.15) is 10.7 Å². The molecule has 0 radical (unpaired) electrons. The molecular weight excluding hydrogens is 226 g/mol. The molecule has 0 saturated carbocycles. The smallest absolute Gasteiger partial charge is 0.246 e. The molecule has 1 aromatic rings. The number of nitrogens with one attached hydrogen (secondary N) is 1. The van der Waals surface area contributed by atoms with Crippen LogP contribution in [-0.4, -0.2) is 37.8 Å². The lowest BCUT2D eigenvalue weighted by Crippen LogP contribution is -2.27. The van der Waals surface area contributed by atoms with E-state index >= 15 is 0 Å². The van der Waals surface area contributed by atoms with Crippen molar-refractivity contribution >= 4 is 15.8 Å². The fraction of sp³-hybridized carbons (Fsp3) is 0.500. The van der Waals surface area contributed by atoms with Crippen molar-refractivity contribution in [2.24, 2.45) is 0 Å². The third kappa shape index (κ3) is 2.51. The van der Waals surface area contributed by atoms with E-state index in [1.54, 1.807) is 32.3 Å². The molecule has 0 aliphatic heterocycles. The molecule has 1 heterocycles. The maximum Gasteiger partial charge on any atom is 0.246 e. The van der Waals surface area contributed by atoms with Crippen LogP contribution in [0.5, 0.6) is 0 Å². The summed E-state index contributed by atoms with van der Waals surface area (Å²) in [6.07, 6.45) is 1.57. The zero-order valence-corrected chi connectivity index (χ0v) is 10.6. The van der Waals surface area contributed by atoms with Crippen LogP contribution in [-0.2, 0) is 10.0 Å². The highest BCUT2D eigenvalue weighted by molar-refractivity contribution is 7.89. The largest absolute Gasteiger partial charge is 0.369 e. The van der Waals surface area contributed by atoms with Gasteiger partial charge in [0.05, 0.1) is 0 Å². The van der Waals surface area contributed by atoms with Crippen LogP contribution in [0.3, 0.4) is 0 Å². The van der Waals surface area contributed by atoms with Gasteiger partial charge < -0.3 is 5.32 Å². The third-order valence-corrected chi connectivity index (χ3v) is 4.21. The van der Waals surface area contributed by atoms with Crippen LogP contribution in [0.4, 0.5) is 5.82 Å². The lowest BCUT2D eigenvalue weighted by atomic mass is 10.4. The van der Waals surface area contributed by atoms with E-state index in [4.69, 9.17) is 0 Å². The number of anilines is 1. The zero-order chi connectivity index (χ0) is 12.2. The number of hydrogen-bond donors (Lipinski definition) is 1. The van der Waals surface area contributed by atoms with Crippen LogP contribution in [0.25, 0.3) is 0 Å². The Morgan fingerprint density at radius 3 is 2.69 bits per heavy atom. The van der Waals surface area contributed by atoms with E-state index in [9.17, 15) is 8.42 Å². The monoisotopic (exact) mass is 243 g/mol. The second kappa shape index (κ2) is 5.27. The maximum absolute atomic E-state index is 12.1. The molecule has 5 nitrogen and oxygen atoms in total. The summed E-state index contributed by atoms with van der Waals surface area (Å²) in [4.78, 5) is 4.26. The number of hydrogen-bond acceptors (Lipinski definition) is 4. The van der Waals surface area contributed by atoms with Crippen LogP contribution in [0.1, 0.15) is 13.8 Å². The quantitative estimate of drug-likeness (QED) is 0.842. The van der Waals surface area contributed by atoms with E-state index in [1.165, 1.54) is 4.31 Å². The van der Waals surface area contributed by atoms with Crippen molar-refractivity contribution in [3.8, 4) is 0 Å². The van der Waals surface area contributed by atoms with Gasteiger partial charge in [0.25, 0.3) is 0 Å². The fourth-order valence-corrected chi connectivity index (χ4v) is 2.53. The van der Waals surface area contributed by atoms with Gasteiger partial charge in [-0.25, -0.2) is 17.7 Å². The molecule has 90 valence electrons. The first-order valence-electron chi connectivity index (χ1n) is 5.19. The van der Waals surface area contributed by atoms with E-state index in [2.05, 4.69) is 10.3 Å². The molecule has 1 aromatic heterocycles. The SMILES string of the molecule is CCNc1ncccc1S(=O)(=O)N(C)CC. The molecule has 6 heteroatoms. The fourth-order valence-electron chi connectivity index (χ4n) is 1.24. The van der Waals surface area contributed by atoms with Gasteiger partial charge in [-0.2, -0.15) is 0 Å². The topological polar surface area (TPSA) is 62.3 Å². The van der Waals surface area contributed by atoms with Gasteiger partial charge >= 0.3 is 0 Å². The zero-order valence-electron chi connectivity index (χ0n) is 9.77. The Morgan fingerprint density at radius 2 is 2.12 bits per heavy atom. The van der Waals surface area contributed by atoms with Gasteiger partial charge in [-0.1, -0.05) is 6.92 Å². The molecule has 0 aliphatic rings. The molecule has 0 bridgehead atoms. The first-order chi connectivity index (χ1) is 7.54. The van der Waals surface area contributed by atoms with E-state index in [1.807, 2.05) is 6.92 Å². The molecule has 0 aromatic carbocycles. The highest BCUT2D eigenvalue weighted by Crippen LogP contribution is 2.20. The average molecular weight is 243 g/mol. The Labute approximate surface area is 96.5 Å². The van der Waals surface area contributed by atoms with Crippen LogP contribution in [0.15, 0.2) is 23.2 Å². The Bertz CT molecular complexity index is 445. The second-order valence-electron chi connectivity index (χ2n) is 3.30. The minimum Gasteiger partial charge on any atom is -0.369 e. The van der Waals surface area contributed by atoms with Crippen LogP contribution < -0.4 is 5.32 Å². The van der Waals surface area contributed by atoms with Crippen LogP contribution in [0.2, 0.25) is 0 Å². The molecule has 16 heavy (non-hydrogen) atoms. The standard InChI is InChI=1S/C10H17N3O2S/c1-4-11-10-9(7-6-8-12-10)16(14,15)13(3)5-2/h6-8H,4-5H2,1-3H3,(H,11,12). The number of rotatable bonds is 5. The Kier molecular flexibility index (Phi) is 4.26. The summed E-state index contributed by atoms with van der Waals surface area (Å²) in [7, 11) is -1.88. The van der Waals surface area contributed by atoms with Crippen molar-refractivity contribution in [2.45, 2.75) is 18.7 Å². The van der Waals surface area contributed by atoms with Crippen LogP contribution in [0, 0.1) is 0 Å². The minimum atomic E-state index is -3.43. The lowest BCUT2D eigenvalue weighted by molar-refractivity contribution is 0.486. The van der Waals surface area contributed by atoms with Gasteiger partial charge in [0.15, 0.2) is 0 Å². The molecule has 1 rings (SSSR count). The van der Waals surface area contributed by atoms with E-state index in [-0.39, 0.29) is 4.90 Å². The number of aromatic nitrogens is 1. The van der Waals surface area contributed by atoms with Gasteiger partial charge in [0.2, 0.25) is 10.0 Å². The van der Waals surface area contributed by atoms with Gasteiger partial charge in [-0.3, -0.25) is 0 Å². The normalized spacial score (nSPS) is 11.8. The van der Waals surface area contributed by atoms with Crippen molar-refractivity contribution < 1.29 is 8.42 Å². The Hall–Kier alpha value is -1.14. The maximum atomic E-state index is 12.1. The molecule has 1 N–H and O–H groups in total. The highest BCUT2D eigenvalue weighted by Gasteiger charge is 2.22. The number of sulfonamides is 1. The van der Waals surface area contributed by atoms with Gasteiger partial charge in [0, 0.05) is 26.3 Å². The van der Waals surface area contributed by atoms with Crippen molar-refractivity contribution in [3.05, 3.63) is 18.3 Å². The Morgan fingerprint density at radius 1 is 1.44 bits per heavy atom. The second-order valence-corrected chi connectivity index (χ2v) is 5.31. The molecule has 0 spiro atoms. The van der Waals surface area contributed by atoms with E-state index in [0.717, 1.165) is 0 Å². The minimum absolute atomic E-state index is 0.223. The molecule has 0 saturated heterocycles. The molecule has 0 amide bonds. The van der Waals surface area contributed by atoms with Crippen molar-refractivity contribution in [1.29, 1.82) is 0 Å². The summed E-state index contributed by atoms with van der Waals surface area (Å²) in [5, 5.41) is 2.94. The lowest BCUT2D eigenvalue weighted by Gasteiger charge is -2.17. The average Bonchev–Trinajstić information content (AvgIpc) is 2.29.